The van der Waals surface area contributed by atoms with Crippen LogP contribution < -0.4 is 5.56 Å². The fourth-order valence-corrected chi connectivity index (χ4v) is 5.27. The Labute approximate surface area is 165 Å². The molecule has 2 aromatic heterocycles. The van der Waals surface area contributed by atoms with Gasteiger partial charge in [0.15, 0.2) is 0 Å². The third-order valence-corrected chi connectivity index (χ3v) is 7.06. The lowest BCUT2D eigenvalue weighted by molar-refractivity contribution is 0.0685. The van der Waals surface area contributed by atoms with Gasteiger partial charge in [0.25, 0.3) is 11.5 Å². The van der Waals surface area contributed by atoms with E-state index < -0.39 is 0 Å². The maximum atomic E-state index is 12.5. The van der Waals surface area contributed by atoms with Gasteiger partial charge in [0.2, 0.25) is 0 Å². The van der Waals surface area contributed by atoms with Gasteiger partial charge in [-0.15, -0.1) is 11.3 Å². The first-order valence-corrected chi connectivity index (χ1v) is 10.9. The number of aromatic nitrogens is 2. The lowest BCUT2D eigenvalue weighted by atomic mass is 9.95. The number of aryl methyl sites for hydroxylation is 2. The maximum absolute atomic E-state index is 12.5. The molecule has 0 atom stereocenters. The van der Waals surface area contributed by atoms with Crippen LogP contribution in [0.15, 0.2) is 26.8 Å². The normalized spacial score (nSPS) is 18.0. The predicted octanol–water partition coefficient (Wildman–Crippen LogP) is 3.50. The molecule has 26 heavy (non-hydrogen) atoms. The summed E-state index contributed by atoms with van der Waals surface area (Å²) < 4.78 is 2.61. The Morgan fingerprint density at radius 3 is 2.73 bits per heavy atom. The lowest BCUT2D eigenvalue weighted by Gasteiger charge is -2.32. The molecular formula is C19H22BrN3O2S. The molecule has 1 aliphatic heterocycles. The summed E-state index contributed by atoms with van der Waals surface area (Å²) >= 11 is 4.88. The Morgan fingerprint density at radius 1 is 1.23 bits per heavy atom. The topological polar surface area (TPSA) is 55.2 Å². The molecule has 3 heterocycles. The average Bonchev–Trinajstić information content (AvgIpc) is 3.09. The molecule has 0 unspecified atom stereocenters. The molecule has 138 valence electrons. The molecule has 0 aromatic carbocycles. The highest BCUT2D eigenvalue weighted by atomic mass is 79.9. The van der Waals surface area contributed by atoms with Crippen LogP contribution in [0.1, 0.15) is 46.6 Å². The van der Waals surface area contributed by atoms with Crippen molar-refractivity contribution in [3.8, 4) is 0 Å². The number of fused-ring (bicyclic) bond motifs is 1. The van der Waals surface area contributed by atoms with Crippen molar-refractivity contribution in [1.29, 1.82) is 0 Å². The van der Waals surface area contributed by atoms with Crippen LogP contribution in [0.5, 0.6) is 0 Å². The zero-order valence-corrected chi connectivity index (χ0v) is 17.0. The quantitative estimate of drug-likeness (QED) is 0.740. The summed E-state index contributed by atoms with van der Waals surface area (Å²) in [6.07, 6.45) is 6.13. The minimum absolute atomic E-state index is 0.0209. The first-order valence-electron chi connectivity index (χ1n) is 9.23. The molecule has 1 amide bonds. The molecule has 1 aliphatic carbocycles. The van der Waals surface area contributed by atoms with Crippen LogP contribution in [-0.4, -0.2) is 33.7 Å². The molecule has 1 fully saturated rings. The standard InChI is InChI=1S/C19H22BrN3O2S/c20-15-10-17(26-12-15)19(25)22-7-5-13(6-8-22)11-23-18(24)9-14-3-1-2-4-16(14)21-23/h9-10,12-13H,1-8,11H2. The highest BCUT2D eigenvalue weighted by Gasteiger charge is 2.25. The van der Waals surface area contributed by atoms with Gasteiger partial charge in [-0.2, -0.15) is 5.10 Å². The van der Waals surface area contributed by atoms with E-state index >= 15 is 0 Å². The van der Waals surface area contributed by atoms with E-state index in [0.717, 1.165) is 72.2 Å². The van der Waals surface area contributed by atoms with E-state index in [-0.39, 0.29) is 11.5 Å². The first kappa shape index (κ1) is 17.9. The molecular weight excluding hydrogens is 414 g/mol. The molecule has 2 aliphatic rings. The van der Waals surface area contributed by atoms with Crippen LogP contribution in [0.25, 0.3) is 0 Å². The van der Waals surface area contributed by atoms with Crippen molar-refractivity contribution in [2.24, 2.45) is 5.92 Å². The zero-order valence-electron chi connectivity index (χ0n) is 14.6. The summed E-state index contributed by atoms with van der Waals surface area (Å²) in [5.74, 6) is 0.518. The van der Waals surface area contributed by atoms with E-state index in [9.17, 15) is 9.59 Å². The van der Waals surface area contributed by atoms with E-state index in [1.54, 1.807) is 10.7 Å². The summed E-state index contributed by atoms with van der Waals surface area (Å²) in [6.45, 7) is 2.16. The van der Waals surface area contributed by atoms with E-state index in [1.807, 2.05) is 16.3 Å². The van der Waals surface area contributed by atoms with Crippen molar-refractivity contribution in [3.63, 3.8) is 0 Å². The number of carbonyl (C=O) groups excluding carboxylic acids is 1. The molecule has 7 heteroatoms. The molecule has 0 saturated carbocycles. The van der Waals surface area contributed by atoms with Crippen molar-refractivity contribution in [1.82, 2.24) is 14.7 Å². The van der Waals surface area contributed by atoms with Crippen molar-refractivity contribution < 1.29 is 4.79 Å². The van der Waals surface area contributed by atoms with Gasteiger partial charge in [0, 0.05) is 35.6 Å². The number of carbonyl (C=O) groups is 1. The minimum Gasteiger partial charge on any atom is -0.338 e. The zero-order chi connectivity index (χ0) is 18.1. The second-order valence-corrected chi connectivity index (χ2v) is 9.04. The number of thiophene rings is 1. The van der Waals surface area contributed by atoms with E-state index in [4.69, 9.17) is 0 Å². The van der Waals surface area contributed by atoms with Gasteiger partial charge in [-0.3, -0.25) is 9.59 Å². The summed E-state index contributed by atoms with van der Waals surface area (Å²) in [4.78, 5) is 27.6. The van der Waals surface area contributed by atoms with Gasteiger partial charge >= 0.3 is 0 Å². The number of nitrogens with zero attached hydrogens (tertiary/aromatic N) is 3. The smallest absolute Gasteiger partial charge is 0.267 e. The molecule has 0 radical (unpaired) electrons. The van der Waals surface area contributed by atoms with Crippen LogP contribution in [0, 0.1) is 5.92 Å². The maximum Gasteiger partial charge on any atom is 0.267 e. The van der Waals surface area contributed by atoms with Crippen LogP contribution in [0.2, 0.25) is 0 Å². The second kappa shape index (κ2) is 7.64. The molecule has 5 nitrogen and oxygen atoms in total. The molecule has 2 aromatic rings. The number of amides is 1. The third-order valence-electron chi connectivity index (χ3n) is 5.39. The summed E-state index contributed by atoms with van der Waals surface area (Å²) in [5.41, 5.74) is 2.26. The van der Waals surface area contributed by atoms with Gasteiger partial charge < -0.3 is 4.90 Å². The predicted molar refractivity (Wildman–Crippen MR) is 106 cm³/mol. The molecule has 0 N–H and O–H groups in total. The van der Waals surface area contributed by atoms with Crippen LogP contribution in [0.3, 0.4) is 0 Å². The average molecular weight is 436 g/mol. The highest BCUT2D eigenvalue weighted by molar-refractivity contribution is 9.10. The molecule has 4 rings (SSSR count). The number of piperidine rings is 1. The number of likely N-dealkylation sites (tertiary alicyclic amines) is 1. The summed E-state index contributed by atoms with van der Waals surface area (Å²) in [7, 11) is 0. The van der Waals surface area contributed by atoms with Crippen LogP contribution >= 0.6 is 27.3 Å². The third kappa shape index (κ3) is 3.78. The number of halogens is 1. The van der Waals surface area contributed by atoms with E-state index in [1.165, 1.54) is 11.3 Å². The monoisotopic (exact) mass is 435 g/mol. The summed E-state index contributed by atoms with van der Waals surface area (Å²) in [6, 6.07) is 3.67. The Bertz CT molecular complexity index is 868. The Balaban J connectivity index is 1.38. The van der Waals surface area contributed by atoms with Crippen LogP contribution in [0.4, 0.5) is 0 Å². The van der Waals surface area contributed by atoms with Gasteiger partial charge in [0.1, 0.15) is 0 Å². The van der Waals surface area contributed by atoms with E-state index in [0.29, 0.717) is 12.5 Å². The van der Waals surface area contributed by atoms with Crippen LogP contribution in [-0.2, 0) is 19.4 Å². The summed E-state index contributed by atoms with van der Waals surface area (Å²) in [5, 5.41) is 6.57. The van der Waals surface area contributed by atoms with Gasteiger partial charge in [-0.1, -0.05) is 0 Å². The number of hydrogen-bond acceptors (Lipinski definition) is 4. The molecule has 1 saturated heterocycles. The first-order chi connectivity index (χ1) is 12.6. The molecule has 0 spiro atoms. The minimum atomic E-state index is 0.0209. The van der Waals surface area contributed by atoms with E-state index in [2.05, 4.69) is 21.0 Å². The SMILES string of the molecule is O=C(c1cc(Br)cs1)N1CCC(Cn2nc3c(cc2=O)CCCC3)CC1. The van der Waals surface area contributed by atoms with Gasteiger partial charge in [0.05, 0.1) is 10.6 Å². The fraction of sp³-hybridized carbons (Fsp3) is 0.526. The Hall–Kier alpha value is -1.47. The van der Waals surface area contributed by atoms with Crippen molar-refractivity contribution >= 4 is 33.2 Å². The van der Waals surface area contributed by atoms with Gasteiger partial charge in [-0.05, 0) is 72.0 Å². The lowest BCUT2D eigenvalue weighted by Crippen LogP contribution is -2.40. The second-order valence-electron chi connectivity index (χ2n) is 7.21. The fourth-order valence-electron chi connectivity index (χ4n) is 3.88. The molecule has 0 bridgehead atoms. The van der Waals surface area contributed by atoms with Crippen molar-refractivity contribution in [3.05, 3.63) is 48.5 Å². The Morgan fingerprint density at radius 2 is 2.00 bits per heavy atom. The Kier molecular flexibility index (Phi) is 5.27. The number of hydrogen-bond donors (Lipinski definition) is 0. The number of rotatable bonds is 3. The van der Waals surface area contributed by atoms with Gasteiger partial charge in [-0.25, -0.2) is 4.68 Å². The highest BCUT2D eigenvalue weighted by Crippen LogP contribution is 2.25. The largest absolute Gasteiger partial charge is 0.338 e. The van der Waals surface area contributed by atoms with Crippen molar-refractivity contribution in [2.75, 3.05) is 13.1 Å². The van der Waals surface area contributed by atoms with Crippen molar-refractivity contribution in [2.45, 2.75) is 45.1 Å².